The maximum Gasteiger partial charge on any atom is 0.240 e. The first kappa shape index (κ1) is 20.1. The van der Waals surface area contributed by atoms with Gasteiger partial charge in [0.1, 0.15) is 17.5 Å². The van der Waals surface area contributed by atoms with Crippen LogP contribution in [0.1, 0.15) is 29.4 Å². The molecule has 7 nitrogen and oxygen atoms in total. The number of hydrogen-bond acceptors (Lipinski definition) is 6. The van der Waals surface area contributed by atoms with Gasteiger partial charge in [-0.25, -0.2) is 23.1 Å². The Hall–Kier alpha value is -2.19. The molecule has 0 aliphatic carbocycles. The van der Waals surface area contributed by atoms with E-state index in [2.05, 4.69) is 25.3 Å². The van der Waals surface area contributed by atoms with E-state index in [0.717, 1.165) is 29.1 Å². The molecule has 8 heteroatoms. The van der Waals surface area contributed by atoms with Gasteiger partial charge < -0.3 is 10.6 Å². The van der Waals surface area contributed by atoms with Crippen LogP contribution in [0.5, 0.6) is 0 Å². The van der Waals surface area contributed by atoms with Gasteiger partial charge in [0, 0.05) is 25.7 Å². The molecule has 142 valence electrons. The first-order valence-electron chi connectivity index (χ1n) is 8.64. The van der Waals surface area contributed by atoms with E-state index in [-0.39, 0.29) is 6.54 Å². The number of sulfonamides is 1. The molecule has 1 aromatic carbocycles. The molecule has 0 amide bonds. The molecule has 26 heavy (non-hydrogen) atoms. The maximum atomic E-state index is 12.5. The average molecular weight is 378 g/mol. The molecule has 1 heterocycles. The van der Waals surface area contributed by atoms with Gasteiger partial charge in [-0.2, -0.15) is 0 Å². The quantitative estimate of drug-likeness (QED) is 0.612. The summed E-state index contributed by atoms with van der Waals surface area (Å²) in [5, 5.41) is 6.26. The van der Waals surface area contributed by atoms with Gasteiger partial charge in [0.15, 0.2) is 0 Å². The Morgan fingerprint density at radius 1 is 0.846 bits per heavy atom. The van der Waals surface area contributed by atoms with Crippen LogP contribution in [-0.4, -0.2) is 38.0 Å². The highest BCUT2D eigenvalue weighted by atomic mass is 32.2. The number of hydrogen-bond donors (Lipinski definition) is 3. The van der Waals surface area contributed by atoms with Crippen LogP contribution >= 0.6 is 0 Å². The standard InChI is InChI=1S/C18H27N5O2S/c1-6-19-17-11-18(23-15(5)22-17)20-7-8-21-26(24,25)16-10-13(3)12(2)9-14(16)4/h9-11,21H,6-8H2,1-5H3,(H2,19,20,22,23). The fraction of sp³-hybridized carbons (Fsp3) is 0.444. The molecule has 0 unspecified atom stereocenters. The Labute approximate surface area is 155 Å². The Kier molecular flexibility index (Phi) is 6.55. The van der Waals surface area contributed by atoms with Gasteiger partial charge in [-0.05, 0) is 57.4 Å². The minimum atomic E-state index is -3.54. The van der Waals surface area contributed by atoms with E-state index in [1.54, 1.807) is 12.1 Å². The molecule has 3 N–H and O–H groups in total. The fourth-order valence-corrected chi connectivity index (χ4v) is 3.95. The first-order chi connectivity index (χ1) is 12.2. The Balaban J connectivity index is 1.98. The lowest BCUT2D eigenvalue weighted by atomic mass is 10.1. The van der Waals surface area contributed by atoms with E-state index in [4.69, 9.17) is 0 Å². The van der Waals surface area contributed by atoms with Gasteiger partial charge in [0.05, 0.1) is 4.90 Å². The highest BCUT2D eigenvalue weighted by Crippen LogP contribution is 2.19. The lowest BCUT2D eigenvalue weighted by Gasteiger charge is -2.13. The Morgan fingerprint density at radius 3 is 2.12 bits per heavy atom. The fourth-order valence-electron chi connectivity index (χ4n) is 2.61. The molecule has 0 spiro atoms. The topological polar surface area (TPSA) is 96.0 Å². The summed E-state index contributed by atoms with van der Waals surface area (Å²) in [7, 11) is -3.54. The van der Waals surface area contributed by atoms with Crippen LogP contribution in [0, 0.1) is 27.7 Å². The Bertz CT molecular complexity index is 881. The van der Waals surface area contributed by atoms with Gasteiger partial charge in [0.25, 0.3) is 0 Å². The van der Waals surface area contributed by atoms with Crippen molar-refractivity contribution in [3.05, 3.63) is 40.7 Å². The smallest absolute Gasteiger partial charge is 0.240 e. The van der Waals surface area contributed by atoms with E-state index in [1.807, 2.05) is 40.7 Å². The van der Waals surface area contributed by atoms with E-state index < -0.39 is 10.0 Å². The summed E-state index contributed by atoms with van der Waals surface area (Å²) in [6.45, 7) is 11.0. The summed E-state index contributed by atoms with van der Waals surface area (Å²) in [5.74, 6) is 2.06. The van der Waals surface area contributed by atoms with Crippen molar-refractivity contribution in [3.63, 3.8) is 0 Å². The van der Waals surface area contributed by atoms with Crippen molar-refractivity contribution in [3.8, 4) is 0 Å². The first-order valence-corrected chi connectivity index (χ1v) is 10.1. The summed E-state index contributed by atoms with van der Waals surface area (Å²) in [6.07, 6.45) is 0. The number of nitrogens with zero attached hydrogens (tertiary/aromatic N) is 2. The van der Waals surface area contributed by atoms with Gasteiger partial charge in [-0.15, -0.1) is 0 Å². The van der Waals surface area contributed by atoms with Crippen molar-refractivity contribution in [2.75, 3.05) is 30.3 Å². The normalized spacial score (nSPS) is 11.4. The second-order valence-corrected chi connectivity index (χ2v) is 7.98. The molecule has 0 fully saturated rings. The van der Waals surface area contributed by atoms with E-state index in [9.17, 15) is 8.42 Å². The van der Waals surface area contributed by atoms with Crippen LogP contribution in [0.15, 0.2) is 23.1 Å². The molecule has 1 aromatic heterocycles. The van der Waals surface area contributed by atoms with E-state index in [1.165, 1.54) is 0 Å². The van der Waals surface area contributed by atoms with Crippen molar-refractivity contribution in [2.45, 2.75) is 39.5 Å². The molecule has 2 rings (SSSR count). The van der Waals surface area contributed by atoms with Gasteiger partial charge in [0.2, 0.25) is 10.0 Å². The zero-order valence-electron chi connectivity index (χ0n) is 16.0. The SMILES string of the molecule is CCNc1cc(NCCNS(=O)(=O)c2cc(C)c(C)cc2C)nc(C)n1. The third kappa shape index (κ3) is 5.15. The molecule has 0 atom stereocenters. The summed E-state index contributed by atoms with van der Waals surface area (Å²) < 4.78 is 27.7. The van der Waals surface area contributed by atoms with Crippen molar-refractivity contribution in [1.29, 1.82) is 0 Å². The van der Waals surface area contributed by atoms with Crippen molar-refractivity contribution in [2.24, 2.45) is 0 Å². The number of benzene rings is 1. The highest BCUT2D eigenvalue weighted by Gasteiger charge is 2.17. The van der Waals surface area contributed by atoms with E-state index >= 15 is 0 Å². The van der Waals surface area contributed by atoms with Gasteiger partial charge in [-0.1, -0.05) is 6.07 Å². The lowest BCUT2D eigenvalue weighted by molar-refractivity contribution is 0.582. The second kappa shape index (κ2) is 8.46. The van der Waals surface area contributed by atoms with Crippen LogP contribution in [0.4, 0.5) is 11.6 Å². The zero-order chi connectivity index (χ0) is 19.3. The predicted octanol–water partition coefficient (Wildman–Crippen LogP) is 2.53. The van der Waals surface area contributed by atoms with Crippen molar-refractivity contribution >= 4 is 21.7 Å². The van der Waals surface area contributed by atoms with Crippen LogP contribution < -0.4 is 15.4 Å². The zero-order valence-corrected chi connectivity index (χ0v) is 16.8. The monoisotopic (exact) mass is 377 g/mol. The van der Waals surface area contributed by atoms with Crippen molar-refractivity contribution in [1.82, 2.24) is 14.7 Å². The molecular weight excluding hydrogens is 350 g/mol. The average Bonchev–Trinajstić information content (AvgIpc) is 2.55. The number of rotatable bonds is 8. The van der Waals surface area contributed by atoms with Gasteiger partial charge >= 0.3 is 0 Å². The molecule has 0 aliphatic rings. The van der Waals surface area contributed by atoms with Crippen LogP contribution in [-0.2, 0) is 10.0 Å². The summed E-state index contributed by atoms with van der Waals surface area (Å²) >= 11 is 0. The molecule has 2 aromatic rings. The molecular formula is C18H27N5O2S. The summed E-state index contributed by atoms with van der Waals surface area (Å²) in [5.41, 5.74) is 2.79. The van der Waals surface area contributed by atoms with Gasteiger partial charge in [-0.3, -0.25) is 0 Å². The predicted molar refractivity (Wildman–Crippen MR) is 105 cm³/mol. The largest absolute Gasteiger partial charge is 0.370 e. The minimum absolute atomic E-state index is 0.258. The molecule has 0 bridgehead atoms. The number of nitrogens with one attached hydrogen (secondary N) is 3. The number of aromatic nitrogens is 2. The van der Waals surface area contributed by atoms with Crippen LogP contribution in [0.2, 0.25) is 0 Å². The highest BCUT2D eigenvalue weighted by molar-refractivity contribution is 7.89. The molecule has 0 aliphatic heterocycles. The summed E-state index contributed by atoms with van der Waals surface area (Å²) in [4.78, 5) is 8.91. The summed E-state index contributed by atoms with van der Waals surface area (Å²) in [6, 6.07) is 5.42. The van der Waals surface area contributed by atoms with Crippen LogP contribution in [0.3, 0.4) is 0 Å². The van der Waals surface area contributed by atoms with Crippen molar-refractivity contribution < 1.29 is 8.42 Å². The molecule has 0 radical (unpaired) electrons. The van der Waals surface area contributed by atoms with Crippen LogP contribution in [0.25, 0.3) is 0 Å². The molecule has 0 saturated carbocycles. The second-order valence-electron chi connectivity index (χ2n) is 6.24. The number of aryl methyl sites for hydroxylation is 4. The third-order valence-corrected chi connectivity index (χ3v) is 5.60. The maximum absolute atomic E-state index is 12.5. The van der Waals surface area contributed by atoms with E-state index in [0.29, 0.717) is 23.1 Å². The number of anilines is 2. The lowest BCUT2D eigenvalue weighted by Crippen LogP contribution is -2.29. The molecule has 0 saturated heterocycles. The third-order valence-electron chi connectivity index (χ3n) is 4.00. The Morgan fingerprint density at radius 2 is 1.46 bits per heavy atom. The minimum Gasteiger partial charge on any atom is -0.370 e.